The highest BCUT2D eigenvalue weighted by atomic mass is 19.1. The number of hydrogen-bond acceptors (Lipinski definition) is 4. The molecule has 130 valence electrons. The lowest BCUT2D eigenvalue weighted by Gasteiger charge is -2.05. The predicted molar refractivity (Wildman–Crippen MR) is 90.1 cm³/mol. The molecule has 3 rings (SSSR count). The number of rotatable bonds is 8. The maximum absolute atomic E-state index is 12.9. The van der Waals surface area contributed by atoms with Gasteiger partial charge in [-0.2, -0.15) is 0 Å². The van der Waals surface area contributed by atoms with Gasteiger partial charge in [-0.3, -0.25) is 4.79 Å². The maximum Gasteiger partial charge on any atom is 0.220 e. The highest BCUT2D eigenvalue weighted by molar-refractivity contribution is 5.75. The highest BCUT2D eigenvalue weighted by Crippen LogP contribution is 2.21. The van der Waals surface area contributed by atoms with E-state index < -0.39 is 0 Å². The summed E-state index contributed by atoms with van der Waals surface area (Å²) in [4.78, 5) is 20.0. The van der Waals surface area contributed by atoms with Crippen LogP contribution in [0.5, 0.6) is 0 Å². The van der Waals surface area contributed by atoms with Gasteiger partial charge in [0.1, 0.15) is 5.82 Å². The third-order valence-electron chi connectivity index (χ3n) is 3.72. The molecule has 1 aromatic carbocycles. The summed E-state index contributed by atoms with van der Waals surface area (Å²) in [5, 5.41) is 2.88. The lowest BCUT2D eigenvalue weighted by Crippen LogP contribution is -2.25. The van der Waals surface area contributed by atoms with Gasteiger partial charge in [-0.15, -0.1) is 0 Å². The Morgan fingerprint density at radius 1 is 1.28 bits per heavy atom. The van der Waals surface area contributed by atoms with Gasteiger partial charge >= 0.3 is 0 Å². The number of carbonyl (C=O) groups is 1. The van der Waals surface area contributed by atoms with Crippen LogP contribution in [0, 0.1) is 5.82 Å². The van der Waals surface area contributed by atoms with Crippen molar-refractivity contribution in [2.24, 2.45) is 0 Å². The molecule has 7 heteroatoms. The lowest BCUT2D eigenvalue weighted by atomic mass is 10.2. The van der Waals surface area contributed by atoms with Crippen molar-refractivity contribution >= 4 is 5.91 Å². The minimum absolute atomic E-state index is 0.0350. The lowest BCUT2D eigenvalue weighted by molar-refractivity contribution is -0.121. The number of amides is 1. The second-order valence-corrected chi connectivity index (χ2v) is 5.63. The zero-order chi connectivity index (χ0) is 17.5. The van der Waals surface area contributed by atoms with Gasteiger partial charge < -0.3 is 14.3 Å². The molecule has 2 aromatic heterocycles. The van der Waals surface area contributed by atoms with E-state index in [1.165, 1.54) is 12.1 Å². The summed E-state index contributed by atoms with van der Waals surface area (Å²) < 4.78 is 20.5. The molecule has 2 heterocycles. The molecular formula is C18H19FN4O2. The first-order chi connectivity index (χ1) is 12.2. The van der Waals surface area contributed by atoms with Crippen molar-refractivity contribution in [1.29, 1.82) is 0 Å². The average molecular weight is 342 g/mol. The van der Waals surface area contributed by atoms with Crippen LogP contribution in [0.2, 0.25) is 0 Å². The minimum Gasteiger partial charge on any atom is -0.441 e. The molecule has 0 spiro atoms. The van der Waals surface area contributed by atoms with Crippen molar-refractivity contribution in [3.05, 3.63) is 60.9 Å². The zero-order valence-corrected chi connectivity index (χ0v) is 13.7. The van der Waals surface area contributed by atoms with E-state index >= 15 is 0 Å². The largest absolute Gasteiger partial charge is 0.441 e. The second-order valence-electron chi connectivity index (χ2n) is 5.63. The molecule has 1 N–H and O–H groups in total. The molecule has 0 fully saturated rings. The second kappa shape index (κ2) is 8.23. The maximum atomic E-state index is 12.9. The Hall–Kier alpha value is -2.96. The molecular weight excluding hydrogens is 323 g/mol. The molecule has 0 saturated heterocycles. The first kappa shape index (κ1) is 16.9. The Morgan fingerprint density at radius 3 is 2.88 bits per heavy atom. The van der Waals surface area contributed by atoms with Crippen LogP contribution >= 0.6 is 0 Å². The first-order valence-corrected chi connectivity index (χ1v) is 8.14. The molecule has 3 aromatic rings. The van der Waals surface area contributed by atoms with Gasteiger partial charge in [0.15, 0.2) is 11.7 Å². The van der Waals surface area contributed by atoms with Crippen LogP contribution in [-0.2, 0) is 17.8 Å². The van der Waals surface area contributed by atoms with Crippen LogP contribution in [-0.4, -0.2) is 27.0 Å². The van der Waals surface area contributed by atoms with Crippen molar-refractivity contribution < 1.29 is 13.6 Å². The molecule has 6 nitrogen and oxygen atoms in total. The van der Waals surface area contributed by atoms with Crippen LogP contribution in [0.4, 0.5) is 4.39 Å². The molecule has 0 aliphatic carbocycles. The summed E-state index contributed by atoms with van der Waals surface area (Å²) >= 11 is 0. The number of aryl methyl sites for hydroxylation is 2. The zero-order valence-electron chi connectivity index (χ0n) is 13.7. The highest BCUT2D eigenvalue weighted by Gasteiger charge is 2.09. The third-order valence-corrected chi connectivity index (χ3v) is 3.72. The molecule has 0 atom stereocenters. The van der Waals surface area contributed by atoms with Crippen molar-refractivity contribution in [2.75, 3.05) is 6.54 Å². The molecule has 0 saturated carbocycles. The number of hydrogen-bond donors (Lipinski definition) is 1. The monoisotopic (exact) mass is 342 g/mol. The summed E-state index contributed by atoms with van der Waals surface area (Å²) in [5.41, 5.74) is 0.754. The van der Waals surface area contributed by atoms with Crippen LogP contribution in [0.1, 0.15) is 18.7 Å². The molecule has 1 amide bonds. The van der Waals surface area contributed by atoms with E-state index in [1.54, 1.807) is 30.9 Å². The molecule has 0 radical (unpaired) electrons. The molecule has 25 heavy (non-hydrogen) atoms. The molecule has 0 unspecified atom stereocenters. The van der Waals surface area contributed by atoms with Crippen molar-refractivity contribution in [3.8, 4) is 11.3 Å². The van der Waals surface area contributed by atoms with E-state index in [-0.39, 0.29) is 11.7 Å². The fourth-order valence-corrected chi connectivity index (χ4v) is 2.39. The summed E-state index contributed by atoms with van der Waals surface area (Å²) in [5.74, 6) is 0.726. The fourth-order valence-electron chi connectivity index (χ4n) is 2.39. The average Bonchev–Trinajstić information content (AvgIpc) is 3.29. The number of benzene rings is 1. The van der Waals surface area contributed by atoms with Gasteiger partial charge in [0.2, 0.25) is 5.91 Å². The SMILES string of the molecule is O=C(CCc1ncc(-c2ccc(F)cc2)o1)NCCCn1ccnc1. The summed E-state index contributed by atoms with van der Waals surface area (Å²) in [7, 11) is 0. The van der Waals surface area contributed by atoms with Crippen LogP contribution in [0.3, 0.4) is 0 Å². The summed E-state index contributed by atoms with van der Waals surface area (Å²) in [6, 6.07) is 6.00. The number of halogens is 1. The van der Waals surface area contributed by atoms with E-state index in [0.29, 0.717) is 31.0 Å². The minimum atomic E-state index is -0.298. The Bertz CT molecular complexity index is 797. The van der Waals surface area contributed by atoms with Gasteiger partial charge in [-0.05, 0) is 30.7 Å². The number of nitrogens with zero attached hydrogens (tertiary/aromatic N) is 3. The Labute approximate surface area is 144 Å². The Morgan fingerprint density at radius 2 is 2.12 bits per heavy atom. The van der Waals surface area contributed by atoms with Gasteiger partial charge in [0, 0.05) is 43.9 Å². The van der Waals surface area contributed by atoms with E-state index in [9.17, 15) is 9.18 Å². The van der Waals surface area contributed by atoms with Crippen molar-refractivity contribution in [1.82, 2.24) is 19.9 Å². The standard InChI is InChI=1S/C18H19FN4O2/c19-15-4-2-14(3-5-15)16-12-22-18(25-16)7-6-17(24)21-8-1-10-23-11-9-20-13-23/h2-5,9,11-13H,1,6-8,10H2,(H,21,24). The van der Waals surface area contributed by atoms with Crippen molar-refractivity contribution in [3.63, 3.8) is 0 Å². The van der Waals surface area contributed by atoms with Crippen LogP contribution < -0.4 is 5.32 Å². The fraction of sp³-hybridized carbons (Fsp3) is 0.278. The van der Waals surface area contributed by atoms with E-state index in [0.717, 1.165) is 18.5 Å². The molecule has 0 aliphatic rings. The predicted octanol–water partition coefficient (Wildman–Crippen LogP) is 2.82. The van der Waals surface area contributed by atoms with Gasteiger partial charge in [-0.1, -0.05) is 0 Å². The third kappa shape index (κ3) is 5.00. The number of imidazole rings is 1. The summed E-state index contributed by atoms with van der Waals surface area (Å²) in [6.45, 7) is 1.43. The quantitative estimate of drug-likeness (QED) is 0.639. The first-order valence-electron chi connectivity index (χ1n) is 8.14. The van der Waals surface area contributed by atoms with E-state index in [4.69, 9.17) is 4.42 Å². The number of nitrogens with one attached hydrogen (secondary N) is 1. The van der Waals surface area contributed by atoms with Crippen LogP contribution in [0.15, 0.2) is 53.6 Å². The van der Waals surface area contributed by atoms with Crippen molar-refractivity contribution in [2.45, 2.75) is 25.8 Å². The molecule has 0 aliphatic heterocycles. The molecule has 0 bridgehead atoms. The Kier molecular flexibility index (Phi) is 5.56. The van der Waals surface area contributed by atoms with Gasteiger partial charge in [0.05, 0.1) is 12.5 Å². The van der Waals surface area contributed by atoms with E-state index in [2.05, 4.69) is 15.3 Å². The summed E-state index contributed by atoms with van der Waals surface area (Å²) in [6.07, 6.45) is 8.55. The topological polar surface area (TPSA) is 73.0 Å². The number of carbonyl (C=O) groups excluding carboxylic acids is 1. The smallest absolute Gasteiger partial charge is 0.220 e. The van der Waals surface area contributed by atoms with Gasteiger partial charge in [0.25, 0.3) is 0 Å². The number of aromatic nitrogens is 3. The Balaban J connectivity index is 1.39. The van der Waals surface area contributed by atoms with Crippen LogP contribution in [0.25, 0.3) is 11.3 Å². The van der Waals surface area contributed by atoms with E-state index in [1.807, 2.05) is 10.8 Å². The number of oxazole rings is 1. The normalized spacial score (nSPS) is 10.8. The van der Waals surface area contributed by atoms with Gasteiger partial charge in [-0.25, -0.2) is 14.4 Å².